The van der Waals surface area contributed by atoms with Gasteiger partial charge in [0.1, 0.15) is 0 Å². The fourth-order valence-corrected chi connectivity index (χ4v) is 1.78. The lowest BCUT2D eigenvalue weighted by molar-refractivity contribution is -0.248. The van der Waals surface area contributed by atoms with E-state index in [9.17, 15) is 9.59 Å². The molecule has 1 spiro atoms. The zero-order valence-electron chi connectivity index (χ0n) is 7.54. The number of hydrogen-bond donors (Lipinski definition) is 0. The molecule has 72 valence electrons. The SMILES string of the molecule is CC1C(=O)OC2(CCCC2)OC1=O. The lowest BCUT2D eigenvalue weighted by Gasteiger charge is -2.34. The number of hydrogen-bond acceptors (Lipinski definition) is 4. The molecule has 0 bridgehead atoms. The van der Waals surface area contributed by atoms with Crippen LogP contribution in [0.15, 0.2) is 0 Å². The minimum absolute atomic E-state index is 0.446. The van der Waals surface area contributed by atoms with Gasteiger partial charge in [-0.15, -0.1) is 0 Å². The lowest BCUT2D eigenvalue weighted by Crippen LogP contribution is -2.47. The van der Waals surface area contributed by atoms with Crippen molar-refractivity contribution in [2.24, 2.45) is 5.92 Å². The molecule has 0 amide bonds. The zero-order chi connectivity index (χ0) is 9.47. The summed E-state index contributed by atoms with van der Waals surface area (Å²) in [6.45, 7) is 1.51. The minimum Gasteiger partial charge on any atom is -0.422 e. The number of carbonyl (C=O) groups is 2. The second-order valence-corrected chi connectivity index (χ2v) is 3.68. The first-order valence-corrected chi connectivity index (χ1v) is 4.59. The third kappa shape index (κ3) is 1.30. The van der Waals surface area contributed by atoms with Crippen molar-refractivity contribution in [1.29, 1.82) is 0 Å². The molecule has 1 heterocycles. The quantitative estimate of drug-likeness (QED) is 0.416. The van der Waals surface area contributed by atoms with Crippen molar-refractivity contribution < 1.29 is 19.1 Å². The number of carbonyl (C=O) groups excluding carboxylic acids is 2. The summed E-state index contributed by atoms with van der Waals surface area (Å²) in [5, 5.41) is 0. The molecule has 1 aliphatic carbocycles. The largest absolute Gasteiger partial charge is 0.422 e. The van der Waals surface area contributed by atoms with Gasteiger partial charge in [-0.3, -0.25) is 9.59 Å². The van der Waals surface area contributed by atoms with Crippen molar-refractivity contribution >= 4 is 11.9 Å². The Morgan fingerprint density at radius 3 is 2.08 bits per heavy atom. The first-order valence-electron chi connectivity index (χ1n) is 4.59. The average molecular weight is 184 g/mol. The van der Waals surface area contributed by atoms with E-state index in [2.05, 4.69) is 0 Å². The van der Waals surface area contributed by atoms with Gasteiger partial charge in [-0.25, -0.2) is 0 Å². The summed E-state index contributed by atoms with van der Waals surface area (Å²) < 4.78 is 10.3. The lowest BCUT2D eigenvalue weighted by atomic mass is 10.1. The van der Waals surface area contributed by atoms with Gasteiger partial charge in [-0.1, -0.05) is 0 Å². The summed E-state index contributed by atoms with van der Waals surface area (Å²) >= 11 is 0. The second-order valence-electron chi connectivity index (χ2n) is 3.68. The molecule has 2 rings (SSSR count). The van der Waals surface area contributed by atoms with Gasteiger partial charge in [0.05, 0.1) is 0 Å². The smallest absolute Gasteiger partial charge is 0.323 e. The maximum absolute atomic E-state index is 11.2. The molecule has 0 aromatic carbocycles. The topological polar surface area (TPSA) is 52.6 Å². The molecular weight excluding hydrogens is 172 g/mol. The Kier molecular flexibility index (Phi) is 1.78. The molecular formula is C9H12O4. The van der Waals surface area contributed by atoms with Crippen molar-refractivity contribution in [3.63, 3.8) is 0 Å². The third-order valence-corrected chi connectivity index (χ3v) is 2.65. The number of rotatable bonds is 0. The van der Waals surface area contributed by atoms with E-state index in [1.807, 2.05) is 0 Å². The average Bonchev–Trinajstić information content (AvgIpc) is 2.49. The summed E-state index contributed by atoms with van der Waals surface area (Å²) in [5.74, 6) is -2.55. The maximum Gasteiger partial charge on any atom is 0.323 e. The first-order chi connectivity index (χ1) is 6.13. The Balaban J connectivity index is 2.17. The van der Waals surface area contributed by atoms with Crippen LogP contribution in [0.2, 0.25) is 0 Å². The van der Waals surface area contributed by atoms with Gasteiger partial charge in [0.2, 0.25) is 0 Å². The predicted molar refractivity (Wildman–Crippen MR) is 42.5 cm³/mol. The van der Waals surface area contributed by atoms with Crippen molar-refractivity contribution in [2.75, 3.05) is 0 Å². The van der Waals surface area contributed by atoms with Gasteiger partial charge in [0, 0.05) is 12.8 Å². The van der Waals surface area contributed by atoms with Gasteiger partial charge in [0.25, 0.3) is 5.79 Å². The van der Waals surface area contributed by atoms with Crippen LogP contribution in [0.25, 0.3) is 0 Å². The molecule has 13 heavy (non-hydrogen) atoms. The fraction of sp³-hybridized carbons (Fsp3) is 0.778. The van der Waals surface area contributed by atoms with Crippen LogP contribution >= 0.6 is 0 Å². The molecule has 0 atom stereocenters. The fourth-order valence-electron chi connectivity index (χ4n) is 1.78. The van der Waals surface area contributed by atoms with E-state index < -0.39 is 23.6 Å². The van der Waals surface area contributed by atoms with Crippen LogP contribution in [0.1, 0.15) is 32.6 Å². The third-order valence-electron chi connectivity index (χ3n) is 2.65. The summed E-state index contributed by atoms with van der Waals surface area (Å²) in [4.78, 5) is 22.5. The molecule has 1 saturated heterocycles. The molecule has 1 aliphatic heterocycles. The zero-order valence-corrected chi connectivity index (χ0v) is 7.54. The van der Waals surface area contributed by atoms with E-state index in [4.69, 9.17) is 9.47 Å². The van der Waals surface area contributed by atoms with Crippen LogP contribution in [0.5, 0.6) is 0 Å². The van der Waals surface area contributed by atoms with Gasteiger partial charge in [0.15, 0.2) is 5.92 Å². The summed E-state index contributed by atoms with van der Waals surface area (Å²) in [7, 11) is 0. The standard InChI is InChI=1S/C9H12O4/c1-6-7(10)12-9(13-8(6)11)4-2-3-5-9/h6H,2-5H2,1H3. The van der Waals surface area contributed by atoms with Gasteiger partial charge in [-0.05, 0) is 19.8 Å². The number of esters is 2. The molecule has 0 N–H and O–H groups in total. The molecule has 1 saturated carbocycles. The summed E-state index contributed by atoms with van der Waals surface area (Å²) in [6, 6.07) is 0. The van der Waals surface area contributed by atoms with Gasteiger partial charge in [-0.2, -0.15) is 0 Å². The highest BCUT2D eigenvalue weighted by atomic mass is 16.7. The van der Waals surface area contributed by atoms with E-state index in [1.165, 1.54) is 6.92 Å². The molecule has 0 aromatic heterocycles. The van der Waals surface area contributed by atoms with Crippen molar-refractivity contribution in [3.8, 4) is 0 Å². The Bertz CT molecular complexity index is 232. The summed E-state index contributed by atoms with van der Waals surface area (Å²) in [5.41, 5.74) is 0. The van der Waals surface area contributed by atoms with Gasteiger partial charge >= 0.3 is 11.9 Å². The van der Waals surface area contributed by atoms with E-state index in [1.54, 1.807) is 0 Å². The number of ether oxygens (including phenoxy) is 2. The van der Waals surface area contributed by atoms with Crippen molar-refractivity contribution in [1.82, 2.24) is 0 Å². The van der Waals surface area contributed by atoms with Crippen LogP contribution in [0.3, 0.4) is 0 Å². The van der Waals surface area contributed by atoms with E-state index in [0.717, 1.165) is 12.8 Å². The second kappa shape index (κ2) is 2.72. The maximum atomic E-state index is 11.2. The monoisotopic (exact) mass is 184 g/mol. The van der Waals surface area contributed by atoms with Crippen LogP contribution in [-0.2, 0) is 19.1 Å². The minimum atomic E-state index is -0.902. The Hall–Kier alpha value is -1.06. The highest BCUT2D eigenvalue weighted by molar-refractivity contribution is 5.96. The molecule has 2 aliphatic rings. The molecule has 0 unspecified atom stereocenters. The van der Waals surface area contributed by atoms with E-state index in [0.29, 0.717) is 12.8 Å². The van der Waals surface area contributed by atoms with Crippen molar-refractivity contribution in [2.45, 2.75) is 38.4 Å². The molecule has 4 nitrogen and oxygen atoms in total. The van der Waals surface area contributed by atoms with Gasteiger partial charge < -0.3 is 9.47 Å². The summed E-state index contributed by atoms with van der Waals surface area (Å²) in [6.07, 6.45) is 3.21. The Labute approximate surface area is 76.2 Å². The van der Waals surface area contributed by atoms with E-state index >= 15 is 0 Å². The predicted octanol–water partition coefficient (Wildman–Crippen LogP) is 0.993. The normalized spacial score (nSPS) is 27.5. The Morgan fingerprint density at radius 1 is 1.15 bits per heavy atom. The molecule has 0 aromatic rings. The molecule has 0 radical (unpaired) electrons. The highest BCUT2D eigenvalue weighted by Gasteiger charge is 2.48. The van der Waals surface area contributed by atoms with Crippen LogP contribution in [0, 0.1) is 5.92 Å². The van der Waals surface area contributed by atoms with Crippen LogP contribution in [0.4, 0.5) is 0 Å². The highest BCUT2D eigenvalue weighted by Crippen LogP contribution is 2.38. The first kappa shape index (κ1) is 8.53. The van der Waals surface area contributed by atoms with Crippen molar-refractivity contribution in [3.05, 3.63) is 0 Å². The van der Waals surface area contributed by atoms with Crippen LogP contribution < -0.4 is 0 Å². The molecule has 4 heteroatoms. The van der Waals surface area contributed by atoms with Crippen LogP contribution in [-0.4, -0.2) is 17.7 Å². The Morgan fingerprint density at radius 2 is 1.62 bits per heavy atom. The van der Waals surface area contributed by atoms with E-state index in [-0.39, 0.29) is 0 Å². The molecule has 2 fully saturated rings.